The van der Waals surface area contributed by atoms with E-state index in [-0.39, 0.29) is 43.8 Å². The van der Waals surface area contributed by atoms with Crippen LogP contribution in [-0.4, -0.2) is 11.8 Å². The molecule has 1 radical (unpaired) electrons. The van der Waals surface area contributed by atoms with Gasteiger partial charge in [0.15, 0.2) is 0 Å². The molecule has 0 aliphatic rings. The van der Waals surface area contributed by atoms with E-state index in [0.29, 0.717) is 17.9 Å². The van der Waals surface area contributed by atoms with E-state index in [9.17, 15) is 4.39 Å². The summed E-state index contributed by atoms with van der Waals surface area (Å²) in [5.74, 6) is 0.251. The monoisotopic (exact) mass is 338 g/mol. The molecule has 0 heterocycles. The zero-order chi connectivity index (χ0) is 12.7. The minimum absolute atomic E-state index is 0. The molecule has 1 rings (SSSR count). The Balaban J connectivity index is 0.00000289. The average Bonchev–Trinajstić information content (AvgIpc) is 2.35. The predicted molar refractivity (Wildman–Crippen MR) is 70.2 cm³/mol. The molecule has 0 saturated heterocycles. The summed E-state index contributed by atoms with van der Waals surface area (Å²) < 4.78 is 12.9. The van der Waals surface area contributed by atoms with Crippen LogP contribution in [0.5, 0.6) is 0 Å². The maximum Gasteiger partial charge on any atom is 0.124 e. The number of halogens is 1. The second kappa shape index (κ2) is 9.69. The summed E-state index contributed by atoms with van der Waals surface area (Å²) in [7, 11) is 0. The number of nitrogens with zero attached hydrogens (tertiary/aromatic N) is 1. The Labute approximate surface area is 137 Å². The fourth-order valence-electron chi connectivity index (χ4n) is 1.39. The molecule has 0 spiro atoms. The van der Waals surface area contributed by atoms with Crippen LogP contribution in [0.2, 0.25) is 0 Å². The smallest absolute Gasteiger partial charge is 0.124 e. The summed E-state index contributed by atoms with van der Waals surface area (Å²) in [5, 5.41) is 9.10. The van der Waals surface area contributed by atoms with Crippen molar-refractivity contribution in [3.8, 4) is 6.07 Å². The van der Waals surface area contributed by atoms with E-state index in [1.54, 1.807) is 17.8 Å². The van der Waals surface area contributed by atoms with Gasteiger partial charge in [-0.15, -0.1) is 24.9 Å². The first-order valence-electron chi connectivity index (χ1n) is 5.28. The molecule has 2 nitrogen and oxygen atoms in total. The zero-order valence-electron chi connectivity index (χ0n) is 10.0. The molecule has 0 aliphatic heterocycles. The van der Waals surface area contributed by atoms with Gasteiger partial charge in [-0.25, -0.2) is 4.39 Å². The first-order valence-corrected chi connectivity index (χ1v) is 6.33. The van der Waals surface area contributed by atoms with Crippen LogP contribution in [0.15, 0.2) is 30.9 Å². The SMILES string of the molecule is C=CC(CC[NH-])SCc1ccc(F)cc1C#N.[Y]. The third-order valence-corrected chi connectivity index (χ3v) is 3.67. The molecular weight excluding hydrogens is 324 g/mol. The van der Waals surface area contributed by atoms with E-state index in [0.717, 1.165) is 12.0 Å². The van der Waals surface area contributed by atoms with Crippen molar-refractivity contribution in [1.29, 1.82) is 5.26 Å². The molecule has 1 atom stereocenters. The number of thioether (sulfide) groups is 1. The van der Waals surface area contributed by atoms with E-state index < -0.39 is 0 Å². The first-order chi connectivity index (χ1) is 8.21. The number of rotatable bonds is 6. The first kappa shape index (κ1) is 17.8. The van der Waals surface area contributed by atoms with Crippen molar-refractivity contribution in [1.82, 2.24) is 0 Å². The van der Waals surface area contributed by atoms with Crippen LogP contribution in [0.3, 0.4) is 0 Å². The topological polar surface area (TPSA) is 47.6 Å². The quantitative estimate of drug-likeness (QED) is 0.738. The molecule has 1 unspecified atom stereocenters. The normalized spacial score (nSPS) is 11.2. The van der Waals surface area contributed by atoms with Gasteiger partial charge in [-0.1, -0.05) is 18.6 Å². The van der Waals surface area contributed by atoms with Crippen LogP contribution in [0.1, 0.15) is 17.5 Å². The molecule has 5 heteroatoms. The molecule has 18 heavy (non-hydrogen) atoms. The minimum Gasteiger partial charge on any atom is -0.677 e. The van der Waals surface area contributed by atoms with Gasteiger partial charge in [0.05, 0.1) is 11.6 Å². The van der Waals surface area contributed by atoms with Gasteiger partial charge in [-0.3, -0.25) is 0 Å². The third-order valence-electron chi connectivity index (χ3n) is 2.34. The Morgan fingerprint density at radius 1 is 1.56 bits per heavy atom. The molecule has 0 bridgehead atoms. The van der Waals surface area contributed by atoms with Crippen molar-refractivity contribution >= 4 is 11.8 Å². The predicted octanol–water partition coefficient (Wildman–Crippen LogP) is 3.92. The Morgan fingerprint density at radius 2 is 2.28 bits per heavy atom. The van der Waals surface area contributed by atoms with Gasteiger partial charge >= 0.3 is 0 Å². The van der Waals surface area contributed by atoms with Crippen molar-refractivity contribution in [2.24, 2.45) is 0 Å². The number of nitrogens with one attached hydrogen (secondary N) is 1. The zero-order valence-corrected chi connectivity index (χ0v) is 13.7. The van der Waals surface area contributed by atoms with E-state index in [2.05, 4.69) is 6.58 Å². The fraction of sp³-hybridized carbons (Fsp3) is 0.308. The Bertz CT molecular complexity index is 431. The maximum absolute atomic E-state index is 12.9. The number of hydrogen-bond acceptors (Lipinski definition) is 2. The van der Waals surface area contributed by atoms with Gasteiger partial charge in [-0.05, 0) is 17.7 Å². The molecule has 0 fully saturated rings. The second-order valence-corrected chi connectivity index (χ2v) is 4.76. The van der Waals surface area contributed by atoms with Gasteiger partial charge in [-0.2, -0.15) is 5.26 Å². The third kappa shape index (κ3) is 5.62. The molecule has 0 amide bonds. The van der Waals surface area contributed by atoms with Gasteiger partial charge in [0, 0.05) is 43.7 Å². The van der Waals surface area contributed by atoms with Crippen molar-refractivity contribution < 1.29 is 37.1 Å². The molecule has 0 aromatic heterocycles. The van der Waals surface area contributed by atoms with Crippen LogP contribution >= 0.6 is 11.8 Å². The largest absolute Gasteiger partial charge is 0.677 e. The summed E-state index contributed by atoms with van der Waals surface area (Å²) in [6, 6.07) is 6.25. The van der Waals surface area contributed by atoms with Crippen LogP contribution in [0.25, 0.3) is 5.73 Å². The van der Waals surface area contributed by atoms with E-state index in [1.165, 1.54) is 12.1 Å². The molecule has 0 aliphatic carbocycles. The standard InChI is InChI=1S/C13H14FN2S.Y/c1-2-13(5-6-15)17-9-10-3-4-12(14)7-11(10)8-16;/h2-4,7,13,15H,1,5-6,9H2;/q-1;. The number of benzene rings is 1. The molecular formula is C13H14FN2SY-. The van der Waals surface area contributed by atoms with Crippen molar-refractivity contribution in [2.75, 3.05) is 6.54 Å². The van der Waals surface area contributed by atoms with Gasteiger partial charge in [0.25, 0.3) is 0 Å². The molecule has 0 saturated carbocycles. The number of hydrogen-bond donors (Lipinski definition) is 0. The summed E-state index contributed by atoms with van der Waals surface area (Å²) in [4.78, 5) is 0. The van der Waals surface area contributed by atoms with Crippen LogP contribution < -0.4 is 0 Å². The maximum atomic E-state index is 12.9. The van der Waals surface area contributed by atoms with Crippen LogP contribution in [-0.2, 0) is 38.5 Å². The van der Waals surface area contributed by atoms with E-state index >= 15 is 0 Å². The van der Waals surface area contributed by atoms with Gasteiger partial charge in [0.2, 0.25) is 0 Å². The average molecular weight is 338 g/mol. The van der Waals surface area contributed by atoms with Crippen molar-refractivity contribution in [2.45, 2.75) is 17.4 Å². The van der Waals surface area contributed by atoms with Gasteiger partial charge in [0.1, 0.15) is 5.82 Å². The Hall–Kier alpha value is -0.206. The second-order valence-electron chi connectivity index (χ2n) is 3.54. The van der Waals surface area contributed by atoms with Crippen molar-refractivity contribution in [3.05, 3.63) is 53.5 Å². The molecule has 1 N–H and O–H groups in total. The molecule has 1 aromatic rings. The summed E-state index contributed by atoms with van der Waals surface area (Å²) in [5.41, 5.74) is 8.37. The summed E-state index contributed by atoms with van der Waals surface area (Å²) >= 11 is 1.62. The summed E-state index contributed by atoms with van der Waals surface area (Å²) in [6.07, 6.45) is 2.56. The number of nitriles is 1. The van der Waals surface area contributed by atoms with Crippen molar-refractivity contribution in [3.63, 3.8) is 0 Å². The Morgan fingerprint density at radius 3 is 2.83 bits per heavy atom. The molecule has 1 aromatic carbocycles. The van der Waals surface area contributed by atoms with E-state index in [4.69, 9.17) is 11.0 Å². The summed E-state index contributed by atoms with van der Waals surface area (Å²) in [6.45, 7) is 4.08. The van der Waals surface area contributed by atoms with Crippen LogP contribution in [0, 0.1) is 17.1 Å². The van der Waals surface area contributed by atoms with Crippen LogP contribution in [0.4, 0.5) is 4.39 Å². The fourth-order valence-corrected chi connectivity index (χ4v) is 2.45. The minimum atomic E-state index is -0.387. The van der Waals surface area contributed by atoms with E-state index in [1.807, 2.05) is 12.1 Å². The Kier molecular flexibility index (Phi) is 9.58. The van der Waals surface area contributed by atoms with Gasteiger partial charge < -0.3 is 5.73 Å². The molecule has 93 valence electrons.